The monoisotopic (exact) mass is 384 g/mol. The highest BCUT2D eigenvalue weighted by molar-refractivity contribution is 5.97. The zero-order chi connectivity index (χ0) is 20.4. The van der Waals surface area contributed by atoms with E-state index in [1.54, 1.807) is 55.6 Å². The predicted octanol–water partition coefficient (Wildman–Crippen LogP) is 2.07. The van der Waals surface area contributed by atoms with Crippen molar-refractivity contribution in [3.8, 4) is 0 Å². The smallest absolute Gasteiger partial charge is 0.251 e. The molecule has 0 aliphatic carbocycles. The van der Waals surface area contributed by atoms with Gasteiger partial charge in [-0.2, -0.15) is 0 Å². The van der Waals surface area contributed by atoms with Crippen molar-refractivity contribution in [2.24, 2.45) is 0 Å². The highest BCUT2D eigenvalue weighted by atomic mass is 16.5. The summed E-state index contributed by atoms with van der Waals surface area (Å²) in [5, 5.41) is 11.1. The van der Waals surface area contributed by atoms with Gasteiger partial charge in [0.15, 0.2) is 0 Å². The van der Waals surface area contributed by atoms with Crippen molar-refractivity contribution in [3.05, 3.63) is 54.1 Å². The van der Waals surface area contributed by atoms with E-state index >= 15 is 0 Å². The Morgan fingerprint density at radius 2 is 1.61 bits per heavy atom. The molecule has 0 aliphatic rings. The van der Waals surface area contributed by atoms with E-state index in [0.717, 1.165) is 0 Å². The van der Waals surface area contributed by atoms with Crippen molar-refractivity contribution in [2.75, 3.05) is 42.8 Å². The first-order chi connectivity index (χ1) is 13.5. The number of nitrogens with one attached hydrogen (secondary N) is 4. The van der Waals surface area contributed by atoms with E-state index in [9.17, 15) is 14.4 Å². The van der Waals surface area contributed by atoms with Crippen molar-refractivity contribution >= 4 is 34.8 Å². The van der Waals surface area contributed by atoms with E-state index in [0.29, 0.717) is 35.8 Å². The molecule has 0 aromatic heterocycles. The summed E-state index contributed by atoms with van der Waals surface area (Å²) in [7, 11) is 1.57. The number of methoxy groups -OCH3 is 1. The Bertz CT molecular complexity index is 838. The highest BCUT2D eigenvalue weighted by Crippen LogP contribution is 2.15. The third kappa shape index (κ3) is 7.08. The molecular formula is C20H24N4O4. The number of hydrogen-bond donors (Lipinski definition) is 4. The Morgan fingerprint density at radius 3 is 2.32 bits per heavy atom. The lowest BCUT2D eigenvalue weighted by Crippen LogP contribution is -2.27. The third-order valence-corrected chi connectivity index (χ3v) is 3.64. The maximum absolute atomic E-state index is 12.2. The first kappa shape index (κ1) is 20.9. The second-order valence-electron chi connectivity index (χ2n) is 5.99. The topological polar surface area (TPSA) is 109 Å². The van der Waals surface area contributed by atoms with Gasteiger partial charge in [-0.25, -0.2) is 0 Å². The van der Waals surface area contributed by atoms with Crippen molar-refractivity contribution in [2.45, 2.75) is 6.92 Å². The van der Waals surface area contributed by atoms with Gasteiger partial charge in [0.25, 0.3) is 5.91 Å². The van der Waals surface area contributed by atoms with Gasteiger partial charge in [-0.3, -0.25) is 14.4 Å². The molecule has 0 heterocycles. The van der Waals surface area contributed by atoms with Gasteiger partial charge in [0, 0.05) is 43.2 Å². The maximum atomic E-state index is 12.2. The average molecular weight is 384 g/mol. The van der Waals surface area contributed by atoms with Crippen molar-refractivity contribution < 1.29 is 19.1 Å². The molecular weight excluding hydrogens is 360 g/mol. The largest absolute Gasteiger partial charge is 0.383 e. The Balaban J connectivity index is 1.88. The van der Waals surface area contributed by atoms with Gasteiger partial charge in [-0.15, -0.1) is 0 Å². The van der Waals surface area contributed by atoms with Crippen LogP contribution in [0.25, 0.3) is 0 Å². The third-order valence-electron chi connectivity index (χ3n) is 3.64. The zero-order valence-electron chi connectivity index (χ0n) is 15.9. The minimum absolute atomic E-state index is 0.0269. The minimum Gasteiger partial charge on any atom is -0.383 e. The predicted molar refractivity (Wildman–Crippen MR) is 109 cm³/mol. The van der Waals surface area contributed by atoms with E-state index in [-0.39, 0.29) is 24.3 Å². The second kappa shape index (κ2) is 10.7. The lowest BCUT2D eigenvalue weighted by Gasteiger charge is -2.10. The summed E-state index contributed by atoms with van der Waals surface area (Å²) in [6.45, 7) is 2.31. The number of anilines is 3. The van der Waals surface area contributed by atoms with Gasteiger partial charge >= 0.3 is 0 Å². The molecule has 4 N–H and O–H groups in total. The average Bonchev–Trinajstić information content (AvgIpc) is 2.66. The summed E-state index contributed by atoms with van der Waals surface area (Å²) >= 11 is 0. The van der Waals surface area contributed by atoms with E-state index in [2.05, 4.69) is 21.3 Å². The summed E-state index contributed by atoms with van der Waals surface area (Å²) in [4.78, 5) is 35.3. The molecule has 0 saturated carbocycles. The van der Waals surface area contributed by atoms with Gasteiger partial charge in [-0.05, 0) is 36.4 Å². The molecule has 0 saturated heterocycles. The maximum Gasteiger partial charge on any atom is 0.251 e. The molecule has 8 nitrogen and oxygen atoms in total. The van der Waals surface area contributed by atoms with Crippen molar-refractivity contribution in [1.29, 1.82) is 0 Å². The zero-order valence-corrected chi connectivity index (χ0v) is 15.9. The van der Waals surface area contributed by atoms with Gasteiger partial charge in [-0.1, -0.05) is 12.1 Å². The molecule has 0 aliphatic heterocycles. The van der Waals surface area contributed by atoms with Crippen LogP contribution in [0.2, 0.25) is 0 Å². The number of carbonyl (C=O) groups excluding carboxylic acids is 3. The number of hydrogen-bond acceptors (Lipinski definition) is 5. The van der Waals surface area contributed by atoms with Gasteiger partial charge in [0.1, 0.15) is 0 Å². The standard InChI is InChI=1S/C20H24N4O4/c1-14(25)23-17-7-4-8-18(12-17)24-19(26)13-22-16-6-3-5-15(11-16)20(27)21-9-10-28-2/h3-8,11-12,22H,9-10,13H2,1-2H3,(H,21,27)(H,23,25)(H,24,26). The Morgan fingerprint density at radius 1 is 0.929 bits per heavy atom. The summed E-state index contributed by atoms with van der Waals surface area (Å²) in [6, 6.07) is 13.8. The van der Waals surface area contributed by atoms with E-state index in [1.807, 2.05) is 0 Å². The SMILES string of the molecule is COCCNC(=O)c1cccc(NCC(=O)Nc2cccc(NC(C)=O)c2)c1. The summed E-state index contributed by atoms with van der Waals surface area (Å²) in [6.07, 6.45) is 0. The molecule has 0 spiro atoms. The molecule has 3 amide bonds. The number of rotatable bonds is 9. The molecule has 8 heteroatoms. The Kier molecular flexibility index (Phi) is 7.98. The van der Waals surface area contributed by atoms with Gasteiger partial charge in [0.2, 0.25) is 11.8 Å². The van der Waals surface area contributed by atoms with Crippen LogP contribution in [0.3, 0.4) is 0 Å². The molecule has 2 rings (SSSR count). The Labute approximate surface area is 163 Å². The first-order valence-electron chi connectivity index (χ1n) is 8.76. The van der Waals surface area contributed by atoms with Crippen LogP contribution in [0, 0.1) is 0 Å². The van der Waals surface area contributed by atoms with Crippen LogP contribution in [-0.4, -0.2) is 44.5 Å². The van der Waals surface area contributed by atoms with Crippen molar-refractivity contribution in [3.63, 3.8) is 0 Å². The fraction of sp³-hybridized carbons (Fsp3) is 0.250. The Hall–Kier alpha value is -3.39. The van der Waals surface area contributed by atoms with Crippen molar-refractivity contribution in [1.82, 2.24) is 5.32 Å². The summed E-state index contributed by atoms with van der Waals surface area (Å²) in [5.41, 5.74) is 2.32. The number of ether oxygens (including phenoxy) is 1. The lowest BCUT2D eigenvalue weighted by molar-refractivity contribution is -0.115. The molecule has 0 atom stereocenters. The molecule has 148 valence electrons. The number of benzene rings is 2. The van der Waals surface area contributed by atoms with Crippen LogP contribution >= 0.6 is 0 Å². The quantitative estimate of drug-likeness (QED) is 0.495. The van der Waals surface area contributed by atoms with Crippen LogP contribution in [0.5, 0.6) is 0 Å². The number of carbonyl (C=O) groups is 3. The normalized spacial score (nSPS) is 10.1. The minimum atomic E-state index is -0.255. The van der Waals surface area contributed by atoms with E-state index in [1.165, 1.54) is 6.92 Å². The molecule has 0 radical (unpaired) electrons. The molecule has 0 unspecified atom stereocenters. The summed E-state index contributed by atoms with van der Waals surface area (Å²) < 4.78 is 4.90. The van der Waals surface area contributed by atoms with Gasteiger partial charge < -0.3 is 26.0 Å². The first-order valence-corrected chi connectivity index (χ1v) is 8.76. The molecule has 2 aromatic rings. The fourth-order valence-corrected chi connectivity index (χ4v) is 2.40. The molecule has 0 fully saturated rings. The van der Waals surface area contributed by atoms with Crippen LogP contribution in [0.1, 0.15) is 17.3 Å². The molecule has 2 aromatic carbocycles. The highest BCUT2D eigenvalue weighted by Gasteiger charge is 2.07. The van der Waals surface area contributed by atoms with Crippen LogP contribution in [-0.2, 0) is 14.3 Å². The van der Waals surface area contributed by atoms with Crippen LogP contribution in [0.15, 0.2) is 48.5 Å². The van der Waals surface area contributed by atoms with E-state index in [4.69, 9.17) is 4.74 Å². The lowest BCUT2D eigenvalue weighted by atomic mass is 10.2. The van der Waals surface area contributed by atoms with Crippen LogP contribution in [0.4, 0.5) is 17.1 Å². The fourth-order valence-electron chi connectivity index (χ4n) is 2.40. The van der Waals surface area contributed by atoms with E-state index < -0.39 is 0 Å². The van der Waals surface area contributed by atoms with Crippen LogP contribution < -0.4 is 21.3 Å². The second-order valence-corrected chi connectivity index (χ2v) is 5.99. The summed E-state index contributed by atoms with van der Waals surface area (Å²) in [5.74, 6) is -0.647. The molecule has 0 bridgehead atoms. The van der Waals surface area contributed by atoms with Gasteiger partial charge in [0.05, 0.1) is 13.2 Å². The number of amides is 3. The molecule has 28 heavy (non-hydrogen) atoms.